The van der Waals surface area contributed by atoms with Crippen LogP contribution in [0.5, 0.6) is 0 Å². The second kappa shape index (κ2) is 7.42. The van der Waals surface area contributed by atoms with Crippen molar-refractivity contribution < 1.29 is 23.9 Å². The molecule has 0 spiro atoms. The number of anilines is 1. The topological polar surface area (TPSA) is 126 Å². The van der Waals surface area contributed by atoms with E-state index in [9.17, 15) is 19.5 Å². The van der Waals surface area contributed by atoms with Crippen LogP contribution in [0.1, 0.15) is 38.2 Å². The molecule has 9 nitrogen and oxygen atoms in total. The molecule has 26 heavy (non-hydrogen) atoms. The average Bonchev–Trinajstić information content (AvgIpc) is 3.23. The number of nitrogens with one attached hydrogen (secondary N) is 2. The van der Waals surface area contributed by atoms with Gasteiger partial charge in [-0.3, -0.25) is 14.3 Å². The molecule has 2 aromatic heterocycles. The summed E-state index contributed by atoms with van der Waals surface area (Å²) in [6.07, 6.45) is 4.16. The van der Waals surface area contributed by atoms with Gasteiger partial charge in [-0.05, 0) is 31.9 Å². The Hall–Kier alpha value is -3.10. The summed E-state index contributed by atoms with van der Waals surface area (Å²) in [5.74, 6) is -2.05. The molecule has 140 valence electrons. The predicted octanol–water partition coefficient (Wildman–Crippen LogP) is 1.69. The number of carboxylic acids is 1. The van der Waals surface area contributed by atoms with Gasteiger partial charge in [0.2, 0.25) is 5.91 Å². The molecule has 0 aliphatic carbocycles. The summed E-state index contributed by atoms with van der Waals surface area (Å²) in [6, 6.07) is 2.28. The Labute approximate surface area is 150 Å². The van der Waals surface area contributed by atoms with Gasteiger partial charge < -0.3 is 20.2 Å². The zero-order valence-corrected chi connectivity index (χ0v) is 15.0. The van der Waals surface area contributed by atoms with Gasteiger partial charge in [0.05, 0.1) is 18.1 Å². The van der Waals surface area contributed by atoms with Gasteiger partial charge in [0.1, 0.15) is 6.04 Å². The quantitative estimate of drug-likeness (QED) is 0.688. The molecule has 1 atom stereocenters. The maximum atomic E-state index is 12.5. The Balaban J connectivity index is 2.10. The molecule has 0 aliphatic rings. The fourth-order valence-electron chi connectivity index (χ4n) is 2.17. The number of rotatable bonds is 7. The van der Waals surface area contributed by atoms with Gasteiger partial charge in [-0.2, -0.15) is 5.10 Å². The first-order valence-corrected chi connectivity index (χ1v) is 8.06. The van der Waals surface area contributed by atoms with Crippen LogP contribution in [0, 0.1) is 5.92 Å². The highest BCUT2D eigenvalue weighted by Gasteiger charge is 2.31. The first-order valence-electron chi connectivity index (χ1n) is 8.06. The predicted molar refractivity (Wildman–Crippen MR) is 92.6 cm³/mol. The van der Waals surface area contributed by atoms with E-state index in [1.54, 1.807) is 19.9 Å². The van der Waals surface area contributed by atoms with Crippen LogP contribution in [0.25, 0.3) is 0 Å². The number of carboxylic acid groups (broad SMARTS) is 1. The second-order valence-electron chi connectivity index (χ2n) is 6.70. The standard InChI is InChI=1S/C17H22N4O5/c1-10(2)13(20-14(22)12-6-5-7-26-12)15(23)19-11-8-18-21(9-11)17(3,4)16(24)25/h5-10,13H,1-4H3,(H,19,23)(H,20,22)(H,24,25). The van der Waals surface area contributed by atoms with Crippen molar-refractivity contribution >= 4 is 23.5 Å². The van der Waals surface area contributed by atoms with Crippen molar-refractivity contribution in [2.75, 3.05) is 5.32 Å². The Morgan fingerprint density at radius 3 is 2.54 bits per heavy atom. The summed E-state index contributed by atoms with van der Waals surface area (Å²) in [5, 5.41) is 18.5. The van der Waals surface area contributed by atoms with E-state index in [2.05, 4.69) is 15.7 Å². The Morgan fingerprint density at radius 1 is 1.31 bits per heavy atom. The number of nitrogens with zero attached hydrogens (tertiary/aromatic N) is 2. The lowest BCUT2D eigenvalue weighted by Gasteiger charge is -2.21. The van der Waals surface area contributed by atoms with Crippen LogP contribution < -0.4 is 10.6 Å². The molecule has 0 saturated heterocycles. The van der Waals surface area contributed by atoms with Crippen LogP contribution in [0.3, 0.4) is 0 Å². The zero-order valence-electron chi connectivity index (χ0n) is 15.0. The lowest BCUT2D eigenvalue weighted by Crippen LogP contribution is -2.47. The third kappa shape index (κ3) is 4.11. The minimum absolute atomic E-state index is 0.111. The number of amides is 2. The number of aromatic nitrogens is 2. The number of furan rings is 1. The van der Waals surface area contributed by atoms with Gasteiger partial charge in [0.25, 0.3) is 5.91 Å². The Kier molecular flexibility index (Phi) is 5.49. The highest BCUT2D eigenvalue weighted by atomic mass is 16.4. The van der Waals surface area contributed by atoms with Gasteiger partial charge in [-0.15, -0.1) is 0 Å². The van der Waals surface area contributed by atoms with E-state index in [0.717, 1.165) is 0 Å². The number of carbonyl (C=O) groups is 3. The van der Waals surface area contributed by atoms with Crippen LogP contribution >= 0.6 is 0 Å². The number of carbonyl (C=O) groups excluding carboxylic acids is 2. The summed E-state index contributed by atoms with van der Waals surface area (Å²) in [6.45, 7) is 6.58. The van der Waals surface area contributed by atoms with Crippen molar-refractivity contribution in [2.24, 2.45) is 5.92 Å². The fraction of sp³-hybridized carbons (Fsp3) is 0.412. The van der Waals surface area contributed by atoms with Gasteiger partial charge in [-0.25, -0.2) is 4.79 Å². The van der Waals surface area contributed by atoms with Crippen molar-refractivity contribution in [3.05, 3.63) is 36.5 Å². The van der Waals surface area contributed by atoms with Crippen LogP contribution in [0.2, 0.25) is 0 Å². The third-order valence-corrected chi connectivity index (χ3v) is 3.93. The van der Waals surface area contributed by atoms with E-state index in [0.29, 0.717) is 5.69 Å². The summed E-state index contributed by atoms with van der Waals surface area (Å²) >= 11 is 0. The smallest absolute Gasteiger partial charge is 0.331 e. The zero-order chi connectivity index (χ0) is 19.5. The molecule has 9 heteroatoms. The van der Waals surface area contributed by atoms with Crippen molar-refractivity contribution in [1.82, 2.24) is 15.1 Å². The van der Waals surface area contributed by atoms with Gasteiger partial charge in [-0.1, -0.05) is 13.8 Å². The van der Waals surface area contributed by atoms with Crippen LogP contribution in [-0.4, -0.2) is 38.7 Å². The molecule has 0 saturated carbocycles. The third-order valence-electron chi connectivity index (χ3n) is 3.93. The van der Waals surface area contributed by atoms with E-state index < -0.39 is 29.4 Å². The molecule has 2 heterocycles. The van der Waals surface area contributed by atoms with E-state index in [1.807, 2.05) is 0 Å². The van der Waals surface area contributed by atoms with Crippen LogP contribution in [0.15, 0.2) is 35.2 Å². The van der Waals surface area contributed by atoms with Crippen molar-refractivity contribution in [1.29, 1.82) is 0 Å². The van der Waals surface area contributed by atoms with Gasteiger partial charge in [0, 0.05) is 6.20 Å². The van der Waals surface area contributed by atoms with Gasteiger partial charge in [0.15, 0.2) is 11.3 Å². The van der Waals surface area contributed by atoms with E-state index in [-0.39, 0.29) is 11.7 Å². The summed E-state index contributed by atoms with van der Waals surface area (Å²) < 4.78 is 6.27. The lowest BCUT2D eigenvalue weighted by atomic mass is 10.0. The normalized spacial score (nSPS) is 12.7. The second-order valence-corrected chi connectivity index (χ2v) is 6.70. The largest absolute Gasteiger partial charge is 0.479 e. The van der Waals surface area contributed by atoms with Crippen molar-refractivity contribution in [3.8, 4) is 0 Å². The van der Waals surface area contributed by atoms with Crippen molar-refractivity contribution in [2.45, 2.75) is 39.3 Å². The first kappa shape index (κ1) is 19.2. The van der Waals surface area contributed by atoms with E-state index in [1.165, 1.54) is 43.3 Å². The molecule has 3 N–H and O–H groups in total. The molecular weight excluding hydrogens is 340 g/mol. The van der Waals surface area contributed by atoms with Gasteiger partial charge >= 0.3 is 5.97 Å². The minimum atomic E-state index is -1.26. The maximum absolute atomic E-state index is 12.5. The highest BCUT2D eigenvalue weighted by Crippen LogP contribution is 2.18. The molecule has 2 rings (SSSR count). The molecule has 0 aromatic carbocycles. The fourth-order valence-corrected chi connectivity index (χ4v) is 2.17. The first-order chi connectivity index (χ1) is 12.1. The minimum Gasteiger partial charge on any atom is -0.479 e. The Bertz CT molecular complexity index is 792. The molecule has 0 aliphatic heterocycles. The SMILES string of the molecule is CC(C)C(NC(=O)c1ccco1)C(=O)Nc1cnn(C(C)(C)C(=O)O)c1. The van der Waals surface area contributed by atoms with Crippen molar-refractivity contribution in [3.63, 3.8) is 0 Å². The molecular formula is C17H22N4O5. The van der Waals surface area contributed by atoms with E-state index in [4.69, 9.17) is 4.42 Å². The Morgan fingerprint density at radius 2 is 2.00 bits per heavy atom. The molecule has 2 aromatic rings. The molecule has 0 fully saturated rings. The lowest BCUT2D eigenvalue weighted by molar-refractivity contribution is -0.146. The average molecular weight is 362 g/mol. The molecule has 0 bridgehead atoms. The number of hydrogen-bond acceptors (Lipinski definition) is 5. The van der Waals surface area contributed by atoms with Crippen LogP contribution in [-0.2, 0) is 15.1 Å². The summed E-state index contributed by atoms with van der Waals surface area (Å²) in [7, 11) is 0. The monoisotopic (exact) mass is 362 g/mol. The van der Waals surface area contributed by atoms with Crippen LogP contribution in [0.4, 0.5) is 5.69 Å². The summed E-state index contributed by atoms with van der Waals surface area (Å²) in [5.41, 5.74) is -0.921. The summed E-state index contributed by atoms with van der Waals surface area (Å²) in [4.78, 5) is 35.9. The maximum Gasteiger partial charge on any atom is 0.331 e. The molecule has 0 radical (unpaired) electrons. The molecule has 2 amide bonds. The number of hydrogen-bond donors (Lipinski definition) is 3. The number of aliphatic carboxylic acids is 1. The molecule has 1 unspecified atom stereocenters. The highest BCUT2D eigenvalue weighted by molar-refractivity contribution is 6.00. The van der Waals surface area contributed by atoms with E-state index >= 15 is 0 Å².